The Kier molecular flexibility index (Phi) is 4.74. The van der Waals surface area contributed by atoms with Gasteiger partial charge in [-0.15, -0.1) is 0 Å². The van der Waals surface area contributed by atoms with E-state index in [-0.39, 0.29) is 30.3 Å². The number of hydrogen-bond donors (Lipinski definition) is 0. The minimum absolute atomic E-state index is 0.0375. The molecule has 0 N–H and O–H groups in total. The molecule has 1 atom stereocenters. The van der Waals surface area contributed by atoms with E-state index in [1.807, 2.05) is 18.2 Å². The fourth-order valence-electron chi connectivity index (χ4n) is 3.17. The third kappa shape index (κ3) is 3.53. The van der Waals surface area contributed by atoms with Crippen molar-refractivity contribution in [2.75, 3.05) is 11.4 Å². The molecular weight excluding hydrogens is 305 g/mol. The summed E-state index contributed by atoms with van der Waals surface area (Å²) in [6.07, 6.45) is 1.27. The Morgan fingerprint density at radius 3 is 2.54 bits per heavy atom. The molecule has 0 saturated heterocycles. The number of halogens is 1. The van der Waals surface area contributed by atoms with Crippen molar-refractivity contribution >= 4 is 17.4 Å². The van der Waals surface area contributed by atoms with Crippen LogP contribution in [-0.4, -0.2) is 18.2 Å². The lowest BCUT2D eigenvalue weighted by Gasteiger charge is -2.33. The van der Waals surface area contributed by atoms with E-state index in [4.69, 9.17) is 0 Å². The molecule has 0 fully saturated rings. The van der Waals surface area contributed by atoms with Crippen LogP contribution in [0.1, 0.15) is 35.7 Å². The van der Waals surface area contributed by atoms with Gasteiger partial charge < -0.3 is 4.90 Å². The van der Waals surface area contributed by atoms with Gasteiger partial charge in [-0.2, -0.15) is 0 Å². The Hall–Kier alpha value is -2.49. The van der Waals surface area contributed by atoms with Crippen molar-refractivity contribution in [3.05, 3.63) is 65.5 Å². The number of rotatable bonds is 4. The lowest BCUT2D eigenvalue weighted by molar-refractivity contribution is -0.118. The first-order valence-electron chi connectivity index (χ1n) is 8.21. The first-order valence-corrected chi connectivity index (χ1v) is 8.21. The molecule has 0 aliphatic carbocycles. The van der Waals surface area contributed by atoms with Gasteiger partial charge in [0.2, 0.25) is 5.91 Å². The van der Waals surface area contributed by atoms with E-state index in [1.165, 1.54) is 29.8 Å². The molecule has 1 unspecified atom stereocenters. The predicted molar refractivity (Wildman–Crippen MR) is 91.6 cm³/mol. The summed E-state index contributed by atoms with van der Waals surface area (Å²) >= 11 is 0. The summed E-state index contributed by atoms with van der Waals surface area (Å²) in [4.78, 5) is 26.6. The highest BCUT2D eigenvalue weighted by Crippen LogP contribution is 2.30. The summed E-state index contributed by atoms with van der Waals surface area (Å²) in [6, 6.07) is 13.4. The fourth-order valence-corrected chi connectivity index (χ4v) is 3.17. The number of Topliss-reactive ketones (excluding diaryl/α,β-unsaturated/α-hetero) is 1. The van der Waals surface area contributed by atoms with Gasteiger partial charge in [-0.3, -0.25) is 9.59 Å². The zero-order valence-electron chi connectivity index (χ0n) is 13.7. The number of amides is 1. The van der Waals surface area contributed by atoms with Gasteiger partial charge >= 0.3 is 0 Å². The van der Waals surface area contributed by atoms with Crippen molar-refractivity contribution in [3.8, 4) is 0 Å². The maximum Gasteiger partial charge on any atom is 0.227 e. The molecule has 0 radical (unpaired) electrons. The molecule has 1 amide bonds. The van der Waals surface area contributed by atoms with Crippen LogP contribution < -0.4 is 4.90 Å². The third-order valence-corrected chi connectivity index (χ3v) is 4.38. The first-order chi connectivity index (χ1) is 11.5. The summed E-state index contributed by atoms with van der Waals surface area (Å²) in [5, 5.41) is 0. The predicted octanol–water partition coefficient (Wildman–Crippen LogP) is 4.01. The maximum absolute atomic E-state index is 12.9. The monoisotopic (exact) mass is 325 g/mol. The fraction of sp³-hybridized carbons (Fsp3) is 0.300. The molecule has 124 valence electrons. The number of ketones is 1. The number of nitrogens with zero attached hydrogens (tertiary/aromatic N) is 1. The molecule has 0 spiro atoms. The van der Waals surface area contributed by atoms with Gasteiger partial charge in [-0.1, -0.05) is 25.1 Å². The summed E-state index contributed by atoms with van der Waals surface area (Å²) in [5.41, 5.74) is 2.57. The van der Waals surface area contributed by atoms with Crippen molar-refractivity contribution in [1.29, 1.82) is 0 Å². The quantitative estimate of drug-likeness (QED) is 0.796. The van der Waals surface area contributed by atoms with E-state index < -0.39 is 0 Å². The van der Waals surface area contributed by atoms with Crippen LogP contribution in [0.3, 0.4) is 0 Å². The van der Waals surface area contributed by atoms with Gasteiger partial charge in [-0.05, 0) is 48.2 Å². The van der Waals surface area contributed by atoms with Gasteiger partial charge in [0.05, 0.1) is 0 Å². The highest BCUT2D eigenvalue weighted by Gasteiger charge is 2.26. The van der Waals surface area contributed by atoms with Gasteiger partial charge in [0.25, 0.3) is 0 Å². The molecule has 2 aromatic rings. The molecule has 1 heterocycles. The number of hydrogen-bond acceptors (Lipinski definition) is 2. The van der Waals surface area contributed by atoms with Crippen molar-refractivity contribution in [2.45, 2.75) is 26.2 Å². The van der Waals surface area contributed by atoms with Gasteiger partial charge in [0.15, 0.2) is 5.78 Å². The zero-order valence-corrected chi connectivity index (χ0v) is 13.7. The Bertz CT molecular complexity index is 754. The highest BCUT2D eigenvalue weighted by molar-refractivity contribution is 6.01. The standard InChI is InChI=1S/C20H20FNO2/c1-14-12-16-4-2-3-5-18(16)22(13-14)20(24)11-10-19(23)15-6-8-17(21)9-7-15/h2-9,14H,10-13H2,1H3. The Balaban J connectivity index is 1.67. The molecule has 4 heteroatoms. The van der Waals surface area contributed by atoms with Crippen LogP contribution in [0.2, 0.25) is 0 Å². The first kappa shape index (κ1) is 16.4. The molecule has 0 bridgehead atoms. The van der Waals surface area contributed by atoms with Crippen LogP contribution in [0, 0.1) is 11.7 Å². The summed E-state index contributed by atoms with van der Waals surface area (Å²) < 4.78 is 12.9. The molecule has 3 nitrogen and oxygen atoms in total. The second kappa shape index (κ2) is 6.95. The number of carbonyl (C=O) groups excluding carboxylic acids is 2. The van der Waals surface area contributed by atoms with Crippen LogP contribution >= 0.6 is 0 Å². The van der Waals surface area contributed by atoms with E-state index in [1.54, 1.807) is 4.90 Å². The van der Waals surface area contributed by atoms with E-state index in [0.717, 1.165) is 12.1 Å². The van der Waals surface area contributed by atoms with E-state index in [2.05, 4.69) is 13.0 Å². The summed E-state index contributed by atoms with van der Waals surface area (Å²) in [7, 11) is 0. The highest BCUT2D eigenvalue weighted by atomic mass is 19.1. The van der Waals surface area contributed by atoms with Gasteiger partial charge in [0, 0.05) is 30.6 Å². The minimum Gasteiger partial charge on any atom is -0.312 e. The maximum atomic E-state index is 12.9. The average molecular weight is 325 g/mol. The Morgan fingerprint density at radius 2 is 1.79 bits per heavy atom. The normalized spacial score (nSPS) is 16.6. The minimum atomic E-state index is -0.374. The molecule has 24 heavy (non-hydrogen) atoms. The molecule has 1 aliphatic rings. The lowest BCUT2D eigenvalue weighted by Crippen LogP contribution is -2.39. The summed E-state index contributed by atoms with van der Waals surface area (Å²) in [5.74, 6) is -0.149. The van der Waals surface area contributed by atoms with E-state index in [9.17, 15) is 14.0 Å². The van der Waals surface area contributed by atoms with E-state index in [0.29, 0.717) is 18.0 Å². The molecular formula is C20H20FNO2. The van der Waals surface area contributed by atoms with Crippen LogP contribution in [0.25, 0.3) is 0 Å². The van der Waals surface area contributed by atoms with E-state index >= 15 is 0 Å². The number of anilines is 1. The largest absolute Gasteiger partial charge is 0.312 e. The Morgan fingerprint density at radius 1 is 1.08 bits per heavy atom. The van der Waals surface area contributed by atoms with Crippen LogP contribution in [0.5, 0.6) is 0 Å². The smallest absolute Gasteiger partial charge is 0.227 e. The van der Waals surface area contributed by atoms with Crippen molar-refractivity contribution in [2.24, 2.45) is 5.92 Å². The molecule has 0 aromatic heterocycles. The molecule has 0 saturated carbocycles. The topological polar surface area (TPSA) is 37.4 Å². The summed E-state index contributed by atoms with van der Waals surface area (Å²) in [6.45, 7) is 2.81. The van der Waals surface area contributed by atoms with Crippen molar-refractivity contribution < 1.29 is 14.0 Å². The molecule has 1 aliphatic heterocycles. The average Bonchev–Trinajstić information content (AvgIpc) is 2.59. The number of para-hydroxylation sites is 1. The van der Waals surface area contributed by atoms with Crippen molar-refractivity contribution in [3.63, 3.8) is 0 Å². The second-order valence-electron chi connectivity index (χ2n) is 6.37. The van der Waals surface area contributed by atoms with Crippen molar-refractivity contribution in [1.82, 2.24) is 0 Å². The number of benzene rings is 2. The lowest BCUT2D eigenvalue weighted by atomic mass is 9.93. The number of carbonyl (C=O) groups is 2. The SMILES string of the molecule is CC1Cc2ccccc2N(C(=O)CCC(=O)c2ccc(F)cc2)C1. The molecule has 3 rings (SSSR count). The van der Waals surface area contributed by atoms with Crippen LogP contribution in [-0.2, 0) is 11.2 Å². The molecule has 2 aromatic carbocycles. The third-order valence-electron chi connectivity index (χ3n) is 4.38. The second-order valence-corrected chi connectivity index (χ2v) is 6.37. The Labute approximate surface area is 141 Å². The van der Waals surface area contributed by atoms with Crippen LogP contribution in [0.15, 0.2) is 48.5 Å². The van der Waals surface area contributed by atoms with Gasteiger partial charge in [-0.25, -0.2) is 4.39 Å². The zero-order chi connectivity index (χ0) is 17.1. The number of fused-ring (bicyclic) bond motifs is 1. The van der Waals surface area contributed by atoms with Crippen LogP contribution in [0.4, 0.5) is 10.1 Å². The van der Waals surface area contributed by atoms with Gasteiger partial charge in [0.1, 0.15) is 5.82 Å².